The number of hydrogen-bond acceptors (Lipinski definition) is 4. The summed E-state index contributed by atoms with van der Waals surface area (Å²) in [6, 6.07) is 5.75. The average molecular weight is 285 g/mol. The minimum Gasteiger partial charge on any atom is -0.496 e. The van der Waals surface area contributed by atoms with E-state index in [0.29, 0.717) is 18.2 Å². The summed E-state index contributed by atoms with van der Waals surface area (Å²) in [7, 11) is 1.66. The molecular formula is C14H21ClN2O2. The Hall–Kier alpha value is -0.810. The number of benzene rings is 1. The van der Waals surface area contributed by atoms with Crippen LogP contribution in [0, 0.1) is 0 Å². The molecule has 0 aliphatic carbocycles. The van der Waals surface area contributed by atoms with Crippen molar-refractivity contribution in [3.63, 3.8) is 0 Å². The molecule has 2 atom stereocenters. The molecule has 0 radical (unpaired) electrons. The molecule has 0 spiro atoms. The molecule has 0 amide bonds. The van der Waals surface area contributed by atoms with E-state index in [1.807, 2.05) is 18.2 Å². The summed E-state index contributed by atoms with van der Waals surface area (Å²) >= 11 is 6.38. The molecule has 1 aromatic carbocycles. The van der Waals surface area contributed by atoms with Gasteiger partial charge in [0.2, 0.25) is 0 Å². The summed E-state index contributed by atoms with van der Waals surface area (Å²) < 4.78 is 11.3. The smallest absolute Gasteiger partial charge is 0.125 e. The van der Waals surface area contributed by atoms with Crippen molar-refractivity contribution in [1.82, 2.24) is 4.90 Å². The molecule has 4 nitrogen and oxygen atoms in total. The standard InChI is InChI=1S/C14H21ClN2O2/c1-3-17-7-8-19-12(9-16)14(17)13-10(15)5-4-6-11(13)18-2/h4-6,12,14H,3,7-9,16H2,1-2H3. The Bertz CT molecular complexity index is 416. The van der Waals surface area contributed by atoms with Crippen molar-refractivity contribution in [3.8, 4) is 5.75 Å². The maximum Gasteiger partial charge on any atom is 0.125 e. The second-order valence-electron chi connectivity index (χ2n) is 4.57. The number of nitrogens with two attached hydrogens (primary N) is 1. The first-order valence-corrected chi connectivity index (χ1v) is 6.98. The molecule has 2 unspecified atom stereocenters. The fourth-order valence-electron chi connectivity index (χ4n) is 2.69. The van der Waals surface area contributed by atoms with E-state index in [0.717, 1.165) is 24.4 Å². The van der Waals surface area contributed by atoms with Gasteiger partial charge in [0.25, 0.3) is 0 Å². The van der Waals surface area contributed by atoms with Gasteiger partial charge in [-0.15, -0.1) is 0 Å². The van der Waals surface area contributed by atoms with Gasteiger partial charge in [0.05, 0.1) is 25.9 Å². The Morgan fingerprint density at radius 1 is 1.53 bits per heavy atom. The monoisotopic (exact) mass is 284 g/mol. The van der Waals surface area contributed by atoms with Crippen LogP contribution in [0.4, 0.5) is 0 Å². The Labute approximate surface area is 119 Å². The first-order valence-electron chi connectivity index (χ1n) is 6.61. The SMILES string of the molecule is CCN1CCOC(CN)C1c1c(Cl)cccc1OC. The highest BCUT2D eigenvalue weighted by Crippen LogP contribution is 2.39. The normalized spacial score (nSPS) is 24.4. The number of methoxy groups -OCH3 is 1. The van der Waals surface area contributed by atoms with Crippen molar-refractivity contribution in [3.05, 3.63) is 28.8 Å². The van der Waals surface area contributed by atoms with Gasteiger partial charge in [-0.25, -0.2) is 0 Å². The summed E-state index contributed by atoms with van der Waals surface area (Å²) in [5.41, 5.74) is 6.83. The number of nitrogens with zero attached hydrogens (tertiary/aromatic N) is 1. The maximum atomic E-state index is 6.38. The van der Waals surface area contributed by atoms with Crippen LogP contribution in [0.2, 0.25) is 5.02 Å². The van der Waals surface area contributed by atoms with Gasteiger partial charge in [-0.3, -0.25) is 4.90 Å². The van der Waals surface area contributed by atoms with Crippen LogP contribution < -0.4 is 10.5 Å². The third-order valence-corrected chi connectivity index (χ3v) is 3.95. The molecule has 0 aromatic heterocycles. The molecule has 5 heteroatoms. The molecule has 2 rings (SSSR count). The van der Waals surface area contributed by atoms with Crippen molar-refractivity contribution in [2.24, 2.45) is 5.73 Å². The Morgan fingerprint density at radius 2 is 2.32 bits per heavy atom. The lowest BCUT2D eigenvalue weighted by Crippen LogP contribution is -2.48. The zero-order valence-corrected chi connectivity index (χ0v) is 12.2. The van der Waals surface area contributed by atoms with Crippen molar-refractivity contribution in [2.45, 2.75) is 19.1 Å². The number of hydrogen-bond donors (Lipinski definition) is 1. The highest BCUT2D eigenvalue weighted by molar-refractivity contribution is 6.31. The molecule has 1 saturated heterocycles. The van der Waals surface area contributed by atoms with E-state index in [1.165, 1.54) is 0 Å². The predicted molar refractivity (Wildman–Crippen MR) is 76.8 cm³/mol. The fraction of sp³-hybridized carbons (Fsp3) is 0.571. The van der Waals surface area contributed by atoms with Crippen LogP contribution in [0.5, 0.6) is 5.75 Å². The predicted octanol–water partition coefficient (Wildman–Crippen LogP) is 2.07. The molecule has 106 valence electrons. The summed E-state index contributed by atoms with van der Waals surface area (Å²) in [6.07, 6.45) is -0.0532. The van der Waals surface area contributed by atoms with Gasteiger partial charge in [-0.05, 0) is 18.7 Å². The molecule has 1 aliphatic heterocycles. The fourth-order valence-corrected chi connectivity index (χ4v) is 2.97. The number of ether oxygens (including phenoxy) is 2. The molecule has 1 fully saturated rings. The van der Waals surface area contributed by atoms with Crippen molar-refractivity contribution >= 4 is 11.6 Å². The molecule has 0 saturated carbocycles. The van der Waals surface area contributed by atoms with E-state index < -0.39 is 0 Å². The Balaban J connectivity index is 2.45. The van der Waals surface area contributed by atoms with Gasteiger partial charge in [0, 0.05) is 23.7 Å². The summed E-state index contributed by atoms with van der Waals surface area (Å²) in [5.74, 6) is 0.792. The molecule has 0 bridgehead atoms. The zero-order valence-electron chi connectivity index (χ0n) is 11.4. The van der Waals surface area contributed by atoms with E-state index in [1.54, 1.807) is 7.11 Å². The van der Waals surface area contributed by atoms with Gasteiger partial charge < -0.3 is 15.2 Å². The number of halogens is 1. The second-order valence-corrected chi connectivity index (χ2v) is 4.98. The van der Waals surface area contributed by atoms with E-state index in [9.17, 15) is 0 Å². The summed E-state index contributed by atoms with van der Waals surface area (Å²) in [5, 5.41) is 0.701. The third-order valence-electron chi connectivity index (χ3n) is 3.62. The minimum absolute atomic E-state index is 0.0485. The topological polar surface area (TPSA) is 47.7 Å². The van der Waals surface area contributed by atoms with Crippen molar-refractivity contribution < 1.29 is 9.47 Å². The Kier molecular flexibility index (Phi) is 5.05. The van der Waals surface area contributed by atoms with E-state index >= 15 is 0 Å². The first-order chi connectivity index (χ1) is 9.22. The number of rotatable bonds is 4. The van der Waals surface area contributed by atoms with E-state index in [2.05, 4.69) is 11.8 Å². The maximum absolute atomic E-state index is 6.38. The van der Waals surface area contributed by atoms with Gasteiger partial charge >= 0.3 is 0 Å². The lowest BCUT2D eigenvalue weighted by molar-refractivity contribution is -0.0663. The van der Waals surface area contributed by atoms with E-state index in [4.69, 9.17) is 26.8 Å². The van der Waals surface area contributed by atoms with Crippen LogP contribution >= 0.6 is 11.6 Å². The molecular weight excluding hydrogens is 264 g/mol. The molecule has 1 aliphatic rings. The lowest BCUT2D eigenvalue weighted by Gasteiger charge is -2.41. The van der Waals surface area contributed by atoms with Crippen LogP contribution in [-0.4, -0.2) is 44.4 Å². The van der Waals surface area contributed by atoms with Crippen LogP contribution in [0.1, 0.15) is 18.5 Å². The molecule has 19 heavy (non-hydrogen) atoms. The van der Waals surface area contributed by atoms with Crippen LogP contribution in [0.25, 0.3) is 0 Å². The van der Waals surface area contributed by atoms with Gasteiger partial charge in [0.1, 0.15) is 5.75 Å². The van der Waals surface area contributed by atoms with Crippen LogP contribution in [-0.2, 0) is 4.74 Å². The highest BCUT2D eigenvalue weighted by atomic mass is 35.5. The summed E-state index contributed by atoms with van der Waals surface area (Å²) in [6.45, 7) is 5.12. The first kappa shape index (κ1) is 14.6. The largest absolute Gasteiger partial charge is 0.496 e. The molecule has 1 aromatic rings. The van der Waals surface area contributed by atoms with Crippen LogP contribution in [0.3, 0.4) is 0 Å². The average Bonchev–Trinajstić information content (AvgIpc) is 2.46. The lowest BCUT2D eigenvalue weighted by atomic mass is 9.97. The second kappa shape index (κ2) is 6.57. The quantitative estimate of drug-likeness (QED) is 0.919. The zero-order chi connectivity index (χ0) is 13.8. The Morgan fingerprint density at radius 3 is 2.95 bits per heavy atom. The highest BCUT2D eigenvalue weighted by Gasteiger charge is 2.35. The van der Waals surface area contributed by atoms with Crippen molar-refractivity contribution in [2.75, 3.05) is 33.4 Å². The van der Waals surface area contributed by atoms with Gasteiger partial charge in [0.15, 0.2) is 0 Å². The minimum atomic E-state index is -0.0532. The number of morpholine rings is 1. The van der Waals surface area contributed by atoms with Crippen LogP contribution in [0.15, 0.2) is 18.2 Å². The van der Waals surface area contributed by atoms with Gasteiger partial charge in [-0.1, -0.05) is 24.6 Å². The van der Waals surface area contributed by atoms with E-state index in [-0.39, 0.29) is 12.1 Å². The third kappa shape index (κ3) is 2.87. The van der Waals surface area contributed by atoms with Gasteiger partial charge in [-0.2, -0.15) is 0 Å². The molecule has 2 N–H and O–H groups in total. The molecule has 1 heterocycles. The summed E-state index contributed by atoms with van der Waals surface area (Å²) in [4.78, 5) is 2.34. The van der Waals surface area contributed by atoms with Crippen molar-refractivity contribution in [1.29, 1.82) is 0 Å². The number of likely N-dealkylation sites (N-methyl/N-ethyl adjacent to an activating group) is 1.